The molecule has 1 amide bonds. The minimum Gasteiger partial charge on any atom is -0.495 e. The molecule has 2 heterocycles. The largest absolute Gasteiger partial charge is 0.495 e. The van der Waals surface area contributed by atoms with Crippen LogP contribution in [0.1, 0.15) is 32.2 Å². The van der Waals surface area contributed by atoms with Gasteiger partial charge in [0.25, 0.3) is 0 Å². The highest BCUT2D eigenvalue weighted by Crippen LogP contribution is 2.33. The fourth-order valence-corrected chi connectivity index (χ4v) is 4.35. The first-order valence-corrected chi connectivity index (χ1v) is 10.7. The van der Waals surface area contributed by atoms with Gasteiger partial charge in [0.1, 0.15) is 29.4 Å². The van der Waals surface area contributed by atoms with Crippen LogP contribution in [0.4, 0.5) is 10.1 Å². The summed E-state index contributed by atoms with van der Waals surface area (Å²) in [5.41, 5.74) is 0.140. The molecule has 0 unspecified atom stereocenters. The number of ether oxygens (including phenoxy) is 1. The molecule has 0 bridgehead atoms. The van der Waals surface area contributed by atoms with Crippen LogP contribution >= 0.6 is 23.2 Å². The predicted octanol–water partition coefficient (Wildman–Crippen LogP) is 3.61. The third-order valence-electron chi connectivity index (χ3n) is 5.51. The predicted molar refractivity (Wildman–Crippen MR) is 119 cm³/mol. The van der Waals surface area contributed by atoms with E-state index in [2.05, 4.69) is 5.10 Å². The van der Waals surface area contributed by atoms with E-state index >= 15 is 0 Å². The van der Waals surface area contributed by atoms with Crippen molar-refractivity contribution in [3.8, 4) is 5.75 Å². The van der Waals surface area contributed by atoms with Crippen molar-refractivity contribution in [2.75, 3.05) is 31.6 Å². The van der Waals surface area contributed by atoms with Crippen molar-refractivity contribution in [2.45, 2.75) is 45.9 Å². The molecule has 7 nitrogen and oxygen atoms in total. The van der Waals surface area contributed by atoms with E-state index in [4.69, 9.17) is 27.9 Å². The lowest BCUT2D eigenvalue weighted by atomic mass is 10.1. The maximum absolute atomic E-state index is 14.5. The van der Waals surface area contributed by atoms with Crippen LogP contribution < -0.4 is 9.64 Å². The molecule has 10 heteroatoms. The summed E-state index contributed by atoms with van der Waals surface area (Å²) in [6.07, 6.45) is 0. The van der Waals surface area contributed by atoms with Gasteiger partial charge in [0.05, 0.1) is 28.5 Å². The number of aromatic nitrogens is 2. The van der Waals surface area contributed by atoms with Gasteiger partial charge in [-0.15, -0.1) is 0 Å². The molecule has 1 aromatic carbocycles. The van der Waals surface area contributed by atoms with E-state index in [1.165, 1.54) is 17.9 Å². The minimum absolute atomic E-state index is 0.00903. The van der Waals surface area contributed by atoms with Gasteiger partial charge < -0.3 is 19.6 Å². The van der Waals surface area contributed by atoms with E-state index < -0.39 is 11.4 Å². The van der Waals surface area contributed by atoms with Crippen LogP contribution in [0.2, 0.25) is 10.0 Å². The Morgan fingerprint density at radius 1 is 1.35 bits per heavy atom. The van der Waals surface area contributed by atoms with Gasteiger partial charge in [0.2, 0.25) is 5.91 Å². The van der Waals surface area contributed by atoms with Gasteiger partial charge in [-0.3, -0.25) is 9.48 Å². The van der Waals surface area contributed by atoms with Crippen molar-refractivity contribution in [2.24, 2.45) is 0 Å². The molecule has 0 aliphatic carbocycles. The summed E-state index contributed by atoms with van der Waals surface area (Å²) in [5, 5.41) is 15.1. The van der Waals surface area contributed by atoms with E-state index in [1.54, 1.807) is 31.7 Å². The van der Waals surface area contributed by atoms with Crippen molar-refractivity contribution in [3.63, 3.8) is 0 Å². The van der Waals surface area contributed by atoms with Gasteiger partial charge in [-0.2, -0.15) is 5.10 Å². The zero-order valence-electron chi connectivity index (χ0n) is 18.2. The molecule has 1 N–H and O–H groups in total. The molecule has 0 spiro atoms. The van der Waals surface area contributed by atoms with Crippen molar-refractivity contribution in [3.05, 3.63) is 39.4 Å². The van der Waals surface area contributed by atoms with E-state index in [1.807, 2.05) is 11.8 Å². The zero-order valence-corrected chi connectivity index (χ0v) is 19.8. The molecular formula is C21H27Cl2FN4O3. The van der Waals surface area contributed by atoms with Crippen LogP contribution in [0.25, 0.3) is 0 Å². The number of halogens is 3. The van der Waals surface area contributed by atoms with Crippen molar-refractivity contribution >= 4 is 34.8 Å². The van der Waals surface area contributed by atoms with Crippen molar-refractivity contribution < 1.29 is 19.0 Å². The SMILES string of the molecule is COc1cc(N2CCN(C(=O)Cn3nc(C(C)(C)O)c(Cl)c3C)[C@@H](C)C2)c(F)cc1Cl. The average Bonchev–Trinajstić information content (AvgIpc) is 2.96. The Bertz CT molecular complexity index is 990. The molecule has 0 radical (unpaired) electrons. The normalized spacial score (nSPS) is 17.3. The maximum atomic E-state index is 14.5. The van der Waals surface area contributed by atoms with Crippen LogP contribution in [0.15, 0.2) is 12.1 Å². The highest BCUT2D eigenvalue weighted by atomic mass is 35.5. The monoisotopic (exact) mass is 472 g/mol. The molecular weight excluding hydrogens is 446 g/mol. The summed E-state index contributed by atoms with van der Waals surface area (Å²) in [7, 11) is 1.48. The molecule has 1 saturated heterocycles. The number of hydrogen-bond acceptors (Lipinski definition) is 5. The lowest BCUT2D eigenvalue weighted by molar-refractivity contribution is -0.134. The fraction of sp³-hybridized carbons (Fsp3) is 0.524. The minimum atomic E-state index is -1.21. The van der Waals surface area contributed by atoms with E-state index in [-0.39, 0.29) is 23.5 Å². The Morgan fingerprint density at radius 3 is 2.58 bits per heavy atom. The van der Waals surface area contributed by atoms with Crippen LogP contribution in [-0.2, 0) is 16.9 Å². The standard InChI is InChI=1S/C21H27Cl2FN4O3/c1-12-10-26(16-9-17(31-5)14(22)8-15(16)24)6-7-27(12)18(29)11-28-13(2)19(23)20(25-28)21(3,4)30/h8-9,12,30H,6-7,10-11H2,1-5H3/t12-/m0/s1. The van der Waals surface area contributed by atoms with E-state index in [9.17, 15) is 14.3 Å². The van der Waals surface area contributed by atoms with E-state index in [0.717, 1.165) is 0 Å². The van der Waals surface area contributed by atoms with Crippen LogP contribution in [-0.4, -0.2) is 58.5 Å². The number of amides is 1. The Labute approximate surface area is 191 Å². The molecule has 3 rings (SSSR count). The maximum Gasteiger partial charge on any atom is 0.244 e. The fourth-order valence-electron chi connectivity index (χ4n) is 3.75. The van der Waals surface area contributed by atoms with Crippen molar-refractivity contribution in [1.29, 1.82) is 0 Å². The second-order valence-electron chi connectivity index (χ2n) is 8.29. The lowest BCUT2D eigenvalue weighted by Crippen LogP contribution is -2.55. The highest BCUT2D eigenvalue weighted by Gasteiger charge is 2.31. The summed E-state index contributed by atoms with van der Waals surface area (Å²) < 4.78 is 21.2. The molecule has 0 saturated carbocycles. The quantitative estimate of drug-likeness (QED) is 0.719. The number of benzene rings is 1. The Morgan fingerprint density at radius 2 is 2.03 bits per heavy atom. The van der Waals surface area contributed by atoms with Gasteiger partial charge in [0.15, 0.2) is 0 Å². The second kappa shape index (κ2) is 8.84. The molecule has 1 atom stereocenters. The number of carbonyl (C=O) groups excluding carboxylic acids is 1. The number of rotatable bonds is 5. The molecule has 2 aromatic rings. The van der Waals surface area contributed by atoms with Crippen molar-refractivity contribution in [1.82, 2.24) is 14.7 Å². The zero-order chi connectivity index (χ0) is 23.1. The van der Waals surface area contributed by atoms with Gasteiger partial charge in [0, 0.05) is 31.7 Å². The highest BCUT2D eigenvalue weighted by molar-refractivity contribution is 6.32. The molecule has 1 aliphatic heterocycles. The molecule has 1 fully saturated rings. The topological polar surface area (TPSA) is 70.8 Å². The first kappa shape index (κ1) is 23.6. The lowest BCUT2D eigenvalue weighted by Gasteiger charge is -2.41. The third kappa shape index (κ3) is 4.76. The van der Waals surface area contributed by atoms with Crippen LogP contribution in [0, 0.1) is 12.7 Å². The first-order valence-electron chi connectivity index (χ1n) is 9.97. The molecule has 1 aliphatic rings. The van der Waals surface area contributed by atoms with Gasteiger partial charge >= 0.3 is 0 Å². The summed E-state index contributed by atoms with van der Waals surface area (Å²) in [6.45, 7) is 8.23. The van der Waals surface area contributed by atoms with Gasteiger partial charge in [-0.05, 0) is 33.8 Å². The summed E-state index contributed by atoms with van der Waals surface area (Å²) in [6, 6.07) is 2.67. The number of nitrogens with zero attached hydrogens (tertiary/aromatic N) is 4. The molecule has 1 aromatic heterocycles. The molecule has 170 valence electrons. The summed E-state index contributed by atoms with van der Waals surface area (Å²) in [5.74, 6) is -0.150. The van der Waals surface area contributed by atoms with E-state index in [0.29, 0.717) is 47.5 Å². The number of methoxy groups -OCH3 is 1. The van der Waals surface area contributed by atoms with Gasteiger partial charge in [-0.1, -0.05) is 23.2 Å². The number of hydrogen-bond donors (Lipinski definition) is 1. The Balaban J connectivity index is 1.73. The Hall–Kier alpha value is -2.03. The van der Waals surface area contributed by atoms with Crippen LogP contribution in [0.5, 0.6) is 5.75 Å². The Kier molecular flexibility index (Phi) is 6.74. The number of piperazine rings is 1. The number of aliphatic hydroxyl groups is 1. The average molecular weight is 473 g/mol. The van der Waals surface area contributed by atoms with Gasteiger partial charge in [-0.25, -0.2) is 4.39 Å². The summed E-state index contributed by atoms with van der Waals surface area (Å²) in [4.78, 5) is 16.6. The third-order valence-corrected chi connectivity index (χ3v) is 6.26. The smallest absolute Gasteiger partial charge is 0.244 e. The first-order chi connectivity index (χ1) is 14.4. The summed E-state index contributed by atoms with van der Waals surface area (Å²) >= 11 is 12.3. The number of carbonyl (C=O) groups is 1. The van der Waals surface area contributed by atoms with Crippen LogP contribution in [0.3, 0.4) is 0 Å². The second-order valence-corrected chi connectivity index (χ2v) is 9.07. The number of anilines is 1. The molecule has 31 heavy (non-hydrogen) atoms.